The molecule has 0 bridgehead atoms. The van der Waals surface area contributed by atoms with Crippen LogP contribution in [0.4, 0.5) is 0 Å². The quantitative estimate of drug-likeness (QED) is 0.837. The van der Waals surface area contributed by atoms with Crippen molar-refractivity contribution in [1.29, 1.82) is 0 Å². The normalized spacial score (nSPS) is 22.0. The standard InChI is InChI=1S/C14H22N2/c1-16(12-13-6-3-2-4-7-13)14-8-5-10-15-11-9-14/h2-4,6-7,14-15H,5,8-12H2,1H3/t14-/m0/s1. The van der Waals surface area contributed by atoms with Crippen molar-refractivity contribution in [2.24, 2.45) is 0 Å². The van der Waals surface area contributed by atoms with Crippen molar-refractivity contribution in [3.63, 3.8) is 0 Å². The monoisotopic (exact) mass is 218 g/mol. The molecule has 0 saturated carbocycles. The van der Waals surface area contributed by atoms with E-state index in [-0.39, 0.29) is 0 Å². The number of rotatable bonds is 3. The Labute approximate surface area is 98.7 Å². The fraction of sp³-hybridized carbons (Fsp3) is 0.571. The average molecular weight is 218 g/mol. The van der Waals surface area contributed by atoms with E-state index in [4.69, 9.17) is 0 Å². The lowest BCUT2D eigenvalue weighted by atomic mass is 10.1. The van der Waals surface area contributed by atoms with E-state index in [1.165, 1.54) is 37.9 Å². The molecule has 0 radical (unpaired) electrons. The lowest BCUT2D eigenvalue weighted by molar-refractivity contribution is 0.216. The molecule has 2 heteroatoms. The van der Waals surface area contributed by atoms with Crippen LogP contribution < -0.4 is 5.32 Å². The molecule has 0 amide bonds. The molecule has 2 rings (SSSR count). The van der Waals surface area contributed by atoms with Gasteiger partial charge < -0.3 is 5.32 Å². The molecule has 88 valence electrons. The predicted molar refractivity (Wildman–Crippen MR) is 68.4 cm³/mol. The van der Waals surface area contributed by atoms with Crippen LogP contribution in [0.15, 0.2) is 30.3 Å². The Hall–Kier alpha value is -0.860. The summed E-state index contributed by atoms with van der Waals surface area (Å²) in [4.78, 5) is 2.50. The second-order valence-electron chi connectivity index (χ2n) is 4.74. The van der Waals surface area contributed by atoms with Crippen LogP contribution >= 0.6 is 0 Å². The molecule has 1 aromatic carbocycles. The zero-order valence-electron chi connectivity index (χ0n) is 10.2. The molecule has 0 spiro atoms. The van der Waals surface area contributed by atoms with Gasteiger partial charge in [-0.3, -0.25) is 4.90 Å². The molecule has 1 fully saturated rings. The molecule has 0 aromatic heterocycles. The van der Waals surface area contributed by atoms with E-state index in [9.17, 15) is 0 Å². The van der Waals surface area contributed by atoms with Crippen LogP contribution in [0.2, 0.25) is 0 Å². The van der Waals surface area contributed by atoms with Gasteiger partial charge in [0.25, 0.3) is 0 Å². The van der Waals surface area contributed by atoms with Crippen molar-refractivity contribution in [1.82, 2.24) is 10.2 Å². The van der Waals surface area contributed by atoms with Gasteiger partial charge in [-0.25, -0.2) is 0 Å². The van der Waals surface area contributed by atoms with E-state index in [1.807, 2.05) is 0 Å². The maximum Gasteiger partial charge on any atom is 0.0233 e. The predicted octanol–water partition coefficient (Wildman–Crippen LogP) is 2.26. The fourth-order valence-electron chi connectivity index (χ4n) is 2.44. The minimum atomic E-state index is 0.746. The van der Waals surface area contributed by atoms with E-state index in [1.54, 1.807) is 0 Å². The minimum absolute atomic E-state index is 0.746. The van der Waals surface area contributed by atoms with Crippen molar-refractivity contribution in [2.75, 3.05) is 20.1 Å². The Balaban J connectivity index is 1.89. The van der Waals surface area contributed by atoms with E-state index in [0.29, 0.717) is 0 Å². The maximum atomic E-state index is 3.47. The third kappa shape index (κ3) is 3.32. The molecule has 1 heterocycles. The second kappa shape index (κ2) is 6.02. The second-order valence-corrected chi connectivity index (χ2v) is 4.74. The number of benzene rings is 1. The summed E-state index contributed by atoms with van der Waals surface area (Å²) in [6, 6.07) is 11.5. The zero-order chi connectivity index (χ0) is 11.2. The molecule has 0 unspecified atom stereocenters. The number of hydrogen-bond acceptors (Lipinski definition) is 2. The van der Waals surface area contributed by atoms with Crippen LogP contribution in [-0.2, 0) is 6.54 Å². The first-order chi connectivity index (χ1) is 7.86. The summed E-state index contributed by atoms with van der Waals surface area (Å²) in [5.41, 5.74) is 1.42. The number of nitrogens with one attached hydrogen (secondary N) is 1. The largest absolute Gasteiger partial charge is 0.317 e. The summed E-state index contributed by atoms with van der Waals surface area (Å²) < 4.78 is 0. The van der Waals surface area contributed by atoms with Crippen molar-refractivity contribution < 1.29 is 0 Å². The number of hydrogen-bond donors (Lipinski definition) is 1. The summed E-state index contributed by atoms with van der Waals surface area (Å²) in [5, 5.41) is 3.47. The lowest BCUT2D eigenvalue weighted by Crippen LogP contribution is -2.31. The first-order valence-electron chi connectivity index (χ1n) is 6.31. The van der Waals surface area contributed by atoms with Crippen LogP contribution in [-0.4, -0.2) is 31.1 Å². The van der Waals surface area contributed by atoms with Crippen LogP contribution in [0.1, 0.15) is 24.8 Å². The molecule has 1 aliphatic rings. The highest BCUT2D eigenvalue weighted by atomic mass is 15.1. The van der Waals surface area contributed by atoms with Crippen molar-refractivity contribution >= 4 is 0 Å². The highest BCUT2D eigenvalue weighted by Crippen LogP contribution is 2.14. The van der Waals surface area contributed by atoms with E-state index < -0.39 is 0 Å². The van der Waals surface area contributed by atoms with Gasteiger partial charge in [0, 0.05) is 12.6 Å². The molecule has 1 N–H and O–H groups in total. The highest BCUT2D eigenvalue weighted by Gasteiger charge is 2.16. The fourth-order valence-corrected chi connectivity index (χ4v) is 2.44. The van der Waals surface area contributed by atoms with Gasteiger partial charge in [0.15, 0.2) is 0 Å². The zero-order valence-corrected chi connectivity index (χ0v) is 10.2. The third-order valence-corrected chi connectivity index (χ3v) is 3.44. The Morgan fingerprint density at radius 3 is 2.81 bits per heavy atom. The Kier molecular flexibility index (Phi) is 4.37. The highest BCUT2D eigenvalue weighted by molar-refractivity contribution is 5.14. The Morgan fingerprint density at radius 2 is 2.00 bits per heavy atom. The SMILES string of the molecule is CN(Cc1ccccc1)[C@H]1CCCNCC1. The Morgan fingerprint density at radius 1 is 1.19 bits per heavy atom. The van der Waals surface area contributed by atoms with E-state index >= 15 is 0 Å². The first kappa shape index (κ1) is 11.6. The molecular weight excluding hydrogens is 196 g/mol. The lowest BCUT2D eigenvalue weighted by Gasteiger charge is -2.26. The number of nitrogens with zero attached hydrogens (tertiary/aromatic N) is 1. The maximum absolute atomic E-state index is 3.47. The first-order valence-corrected chi connectivity index (χ1v) is 6.31. The summed E-state index contributed by atoms with van der Waals surface area (Å²) in [6.07, 6.45) is 3.92. The summed E-state index contributed by atoms with van der Waals surface area (Å²) in [7, 11) is 2.25. The molecule has 1 saturated heterocycles. The Bertz CT molecular complexity index is 289. The van der Waals surface area contributed by atoms with Crippen LogP contribution in [0.3, 0.4) is 0 Å². The molecule has 1 aliphatic heterocycles. The average Bonchev–Trinajstić information content (AvgIpc) is 2.59. The topological polar surface area (TPSA) is 15.3 Å². The van der Waals surface area contributed by atoms with Gasteiger partial charge in [0.1, 0.15) is 0 Å². The smallest absolute Gasteiger partial charge is 0.0233 e. The summed E-state index contributed by atoms with van der Waals surface area (Å²) >= 11 is 0. The summed E-state index contributed by atoms with van der Waals surface area (Å²) in [5.74, 6) is 0. The molecular formula is C14H22N2. The minimum Gasteiger partial charge on any atom is -0.317 e. The molecule has 1 aromatic rings. The van der Waals surface area contributed by atoms with Crippen molar-refractivity contribution in [3.8, 4) is 0 Å². The van der Waals surface area contributed by atoms with Gasteiger partial charge >= 0.3 is 0 Å². The van der Waals surface area contributed by atoms with Gasteiger partial charge in [0.05, 0.1) is 0 Å². The molecule has 16 heavy (non-hydrogen) atoms. The van der Waals surface area contributed by atoms with Gasteiger partial charge in [-0.05, 0) is 45.0 Å². The van der Waals surface area contributed by atoms with Crippen LogP contribution in [0.25, 0.3) is 0 Å². The van der Waals surface area contributed by atoms with E-state index in [2.05, 4.69) is 47.6 Å². The van der Waals surface area contributed by atoms with E-state index in [0.717, 1.165) is 12.6 Å². The van der Waals surface area contributed by atoms with Crippen LogP contribution in [0, 0.1) is 0 Å². The van der Waals surface area contributed by atoms with Crippen molar-refractivity contribution in [2.45, 2.75) is 31.8 Å². The van der Waals surface area contributed by atoms with Gasteiger partial charge in [-0.15, -0.1) is 0 Å². The van der Waals surface area contributed by atoms with Gasteiger partial charge in [-0.2, -0.15) is 0 Å². The summed E-state index contributed by atoms with van der Waals surface area (Å²) in [6.45, 7) is 3.44. The van der Waals surface area contributed by atoms with Gasteiger partial charge in [0.2, 0.25) is 0 Å². The van der Waals surface area contributed by atoms with Crippen LogP contribution in [0.5, 0.6) is 0 Å². The van der Waals surface area contributed by atoms with Crippen molar-refractivity contribution in [3.05, 3.63) is 35.9 Å². The third-order valence-electron chi connectivity index (χ3n) is 3.44. The molecule has 2 nitrogen and oxygen atoms in total. The molecule has 0 aliphatic carbocycles. The molecule has 1 atom stereocenters. The van der Waals surface area contributed by atoms with Gasteiger partial charge in [-0.1, -0.05) is 30.3 Å².